The van der Waals surface area contributed by atoms with E-state index < -0.39 is 11.6 Å². The van der Waals surface area contributed by atoms with E-state index in [1.54, 1.807) is 21.0 Å². The van der Waals surface area contributed by atoms with Crippen LogP contribution in [0.3, 0.4) is 0 Å². The average molecular weight is 346 g/mol. The van der Waals surface area contributed by atoms with Crippen LogP contribution in [0.5, 0.6) is 0 Å². The lowest BCUT2D eigenvalue weighted by Gasteiger charge is -2.26. The van der Waals surface area contributed by atoms with Gasteiger partial charge in [0.1, 0.15) is 5.54 Å². The minimum Gasteiger partial charge on any atom is -0.411 e. The third-order valence-electron chi connectivity index (χ3n) is 4.22. The molecule has 2 amide bonds. The molecule has 0 aromatic heterocycles. The summed E-state index contributed by atoms with van der Waals surface area (Å²) in [6, 6.07) is 4.02. The lowest BCUT2D eigenvalue weighted by Crippen LogP contribution is -2.46. The molecule has 0 fully saturated rings. The molecule has 0 aliphatic carbocycles. The van der Waals surface area contributed by atoms with Crippen LogP contribution in [-0.4, -0.2) is 37.8 Å². The van der Waals surface area contributed by atoms with Gasteiger partial charge >= 0.3 is 6.09 Å². The first-order chi connectivity index (χ1) is 11.7. The van der Waals surface area contributed by atoms with Crippen molar-refractivity contribution in [3.63, 3.8) is 0 Å². The summed E-state index contributed by atoms with van der Waals surface area (Å²) < 4.78 is 10.8. The third kappa shape index (κ3) is 3.69. The summed E-state index contributed by atoms with van der Waals surface area (Å²) in [5.74, 6) is 0.0225. The summed E-state index contributed by atoms with van der Waals surface area (Å²) in [6.07, 6.45) is -0.587. The van der Waals surface area contributed by atoms with Crippen molar-refractivity contribution in [1.82, 2.24) is 10.6 Å². The Morgan fingerprint density at radius 2 is 1.84 bits per heavy atom. The van der Waals surface area contributed by atoms with Gasteiger partial charge in [-0.3, -0.25) is 4.79 Å². The van der Waals surface area contributed by atoms with E-state index in [0.717, 1.165) is 22.3 Å². The van der Waals surface area contributed by atoms with E-state index in [2.05, 4.69) is 10.6 Å². The van der Waals surface area contributed by atoms with Crippen LogP contribution in [-0.2, 0) is 14.3 Å². The fourth-order valence-electron chi connectivity index (χ4n) is 3.38. The number of alkyl carbamates (subject to hydrolysis) is 1. The summed E-state index contributed by atoms with van der Waals surface area (Å²) in [6.45, 7) is 10.1. The molecule has 0 saturated heterocycles. The summed E-state index contributed by atoms with van der Waals surface area (Å²) in [5.41, 5.74) is 3.31. The van der Waals surface area contributed by atoms with Crippen molar-refractivity contribution in [2.75, 3.05) is 20.3 Å². The van der Waals surface area contributed by atoms with Crippen molar-refractivity contribution in [1.29, 1.82) is 0 Å². The van der Waals surface area contributed by atoms with Crippen LogP contribution < -0.4 is 10.6 Å². The molecular formula is C19H26N2O4. The van der Waals surface area contributed by atoms with Crippen molar-refractivity contribution in [3.8, 4) is 0 Å². The smallest absolute Gasteiger partial charge is 0.411 e. The van der Waals surface area contributed by atoms with Crippen molar-refractivity contribution in [2.45, 2.75) is 40.2 Å². The topological polar surface area (TPSA) is 76.7 Å². The molecule has 1 aromatic carbocycles. The first-order valence-electron chi connectivity index (χ1n) is 8.33. The van der Waals surface area contributed by atoms with E-state index in [9.17, 15) is 9.59 Å². The molecule has 1 unspecified atom stereocenters. The monoisotopic (exact) mass is 346 g/mol. The van der Waals surface area contributed by atoms with Crippen LogP contribution >= 0.6 is 0 Å². The van der Waals surface area contributed by atoms with Crippen LogP contribution in [0.15, 0.2) is 17.9 Å². The maximum atomic E-state index is 12.8. The number of nitrogens with one attached hydrogen (secondary N) is 2. The number of amides is 2. The van der Waals surface area contributed by atoms with E-state index in [4.69, 9.17) is 9.47 Å². The molecule has 136 valence electrons. The molecular weight excluding hydrogens is 320 g/mol. The Labute approximate surface area is 148 Å². The van der Waals surface area contributed by atoms with E-state index >= 15 is 0 Å². The van der Waals surface area contributed by atoms with Crippen molar-refractivity contribution >= 4 is 17.6 Å². The lowest BCUT2D eigenvalue weighted by atomic mass is 9.91. The first-order valence-corrected chi connectivity index (χ1v) is 8.33. The molecule has 1 heterocycles. The van der Waals surface area contributed by atoms with Crippen molar-refractivity contribution < 1.29 is 19.1 Å². The molecule has 0 saturated carbocycles. The number of carbonyl (C=O) groups is 2. The minimum absolute atomic E-state index is 0.195. The van der Waals surface area contributed by atoms with Gasteiger partial charge in [0.2, 0.25) is 0 Å². The Hall–Kier alpha value is -2.34. The number of hydrogen-bond donors (Lipinski definition) is 2. The normalized spacial score (nSPS) is 19.8. The van der Waals surface area contributed by atoms with Gasteiger partial charge in [-0.2, -0.15) is 0 Å². The van der Waals surface area contributed by atoms with Gasteiger partial charge in [0.25, 0.3) is 5.91 Å². The minimum atomic E-state index is -0.907. The second kappa shape index (κ2) is 7.27. The molecule has 25 heavy (non-hydrogen) atoms. The van der Waals surface area contributed by atoms with Gasteiger partial charge in [0.15, 0.2) is 5.76 Å². The van der Waals surface area contributed by atoms with Crippen molar-refractivity contribution in [3.05, 3.63) is 40.1 Å². The maximum Gasteiger partial charge on any atom is 0.412 e. The van der Waals surface area contributed by atoms with Gasteiger partial charge in [-0.05, 0) is 51.3 Å². The predicted octanol–water partition coefficient (Wildman–Crippen LogP) is 2.60. The highest BCUT2D eigenvalue weighted by Crippen LogP contribution is 2.37. The standard InChI is InChI=1S/C19H26N2O4/c1-7-20-18(23)25-16-15(17(22)21-19(16,5)10-24-6)14-12(3)8-11(2)9-13(14)4/h8-9H,7,10H2,1-6H3,(H,20,23)(H,21,22). The van der Waals surface area contributed by atoms with Crippen molar-refractivity contribution in [2.24, 2.45) is 0 Å². The van der Waals surface area contributed by atoms with E-state index in [-0.39, 0.29) is 12.5 Å². The van der Waals surface area contributed by atoms with Crippen LogP contribution in [0.4, 0.5) is 4.79 Å². The highest BCUT2D eigenvalue weighted by Gasteiger charge is 2.45. The fraction of sp³-hybridized carbons (Fsp3) is 0.474. The second-order valence-corrected chi connectivity index (χ2v) is 6.62. The average Bonchev–Trinajstić information content (AvgIpc) is 2.71. The zero-order valence-electron chi connectivity index (χ0n) is 15.7. The largest absolute Gasteiger partial charge is 0.412 e. The molecule has 0 spiro atoms. The molecule has 2 rings (SSSR count). The molecule has 6 heteroatoms. The highest BCUT2D eigenvalue weighted by molar-refractivity contribution is 6.24. The second-order valence-electron chi connectivity index (χ2n) is 6.62. The molecule has 1 aliphatic rings. The van der Waals surface area contributed by atoms with E-state index in [0.29, 0.717) is 17.9 Å². The fourth-order valence-corrected chi connectivity index (χ4v) is 3.38. The third-order valence-corrected chi connectivity index (χ3v) is 4.22. The first kappa shape index (κ1) is 19.0. The highest BCUT2D eigenvalue weighted by atomic mass is 16.6. The summed E-state index contributed by atoms with van der Waals surface area (Å²) in [5, 5.41) is 5.51. The Balaban J connectivity index is 2.66. The Morgan fingerprint density at radius 3 is 2.36 bits per heavy atom. The molecule has 6 nitrogen and oxygen atoms in total. The Morgan fingerprint density at radius 1 is 1.24 bits per heavy atom. The SMILES string of the molecule is CCNC(=O)OC1=C(c2c(C)cc(C)cc2C)C(=O)NC1(C)COC. The van der Waals surface area contributed by atoms with Crippen LogP contribution in [0, 0.1) is 20.8 Å². The quantitative estimate of drug-likeness (QED) is 0.859. The number of rotatable bonds is 5. The van der Waals surface area contributed by atoms with Gasteiger partial charge < -0.3 is 20.1 Å². The number of benzene rings is 1. The van der Waals surface area contributed by atoms with E-state index in [1.165, 1.54) is 0 Å². The zero-order chi connectivity index (χ0) is 18.8. The van der Waals surface area contributed by atoms with Gasteiger partial charge in [-0.25, -0.2) is 4.79 Å². The summed E-state index contributed by atoms with van der Waals surface area (Å²) in [4.78, 5) is 24.8. The number of ether oxygens (including phenoxy) is 2. The number of aryl methyl sites for hydroxylation is 3. The van der Waals surface area contributed by atoms with Crippen LogP contribution in [0.1, 0.15) is 36.1 Å². The van der Waals surface area contributed by atoms with Crippen LogP contribution in [0.25, 0.3) is 5.57 Å². The Bertz CT molecular complexity index is 716. The number of methoxy groups -OCH3 is 1. The molecule has 2 N–H and O–H groups in total. The van der Waals surface area contributed by atoms with Gasteiger partial charge in [-0.1, -0.05) is 17.7 Å². The van der Waals surface area contributed by atoms with E-state index in [1.807, 2.05) is 32.9 Å². The lowest BCUT2D eigenvalue weighted by molar-refractivity contribution is -0.116. The molecule has 1 aromatic rings. The summed E-state index contributed by atoms with van der Waals surface area (Å²) in [7, 11) is 1.54. The molecule has 0 bridgehead atoms. The molecule has 1 atom stereocenters. The van der Waals surface area contributed by atoms with Gasteiger partial charge in [-0.15, -0.1) is 0 Å². The molecule has 1 aliphatic heterocycles. The maximum absolute atomic E-state index is 12.8. The number of carbonyl (C=O) groups excluding carboxylic acids is 2. The zero-order valence-corrected chi connectivity index (χ0v) is 15.7. The molecule has 0 radical (unpaired) electrons. The van der Waals surface area contributed by atoms with Gasteiger partial charge in [0.05, 0.1) is 12.2 Å². The Kier molecular flexibility index (Phi) is 5.52. The number of hydrogen-bond acceptors (Lipinski definition) is 4. The van der Waals surface area contributed by atoms with Gasteiger partial charge in [0, 0.05) is 13.7 Å². The summed E-state index contributed by atoms with van der Waals surface area (Å²) >= 11 is 0. The van der Waals surface area contributed by atoms with Crippen LogP contribution in [0.2, 0.25) is 0 Å². The predicted molar refractivity (Wildman–Crippen MR) is 96.2 cm³/mol.